The number of amides is 1. The Kier molecular flexibility index (Phi) is 4.90. The van der Waals surface area contributed by atoms with E-state index in [1.54, 1.807) is 0 Å². The van der Waals surface area contributed by atoms with Crippen molar-refractivity contribution in [1.29, 1.82) is 0 Å². The van der Waals surface area contributed by atoms with Crippen LogP contribution in [0.3, 0.4) is 0 Å². The number of nitrogens with zero attached hydrogens (tertiary/aromatic N) is 1. The maximum absolute atomic E-state index is 11.6. The normalized spacial score (nSPS) is 18.0. The Bertz CT molecular complexity index is 341. The second-order valence-corrected chi connectivity index (χ2v) is 3.42. The molecule has 0 radical (unpaired) electrons. The molecule has 5 nitrogen and oxygen atoms in total. The van der Waals surface area contributed by atoms with Crippen LogP contribution in [-0.2, 0) is 14.3 Å². The van der Waals surface area contributed by atoms with Gasteiger partial charge in [-0.3, -0.25) is 4.90 Å². The van der Waals surface area contributed by atoms with Crippen LogP contribution < -0.4 is 0 Å². The summed E-state index contributed by atoms with van der Waals surface area (Å²) in [5.41, 5.74) is 0. The molecule has 0 aliphatic carbocycles. The minimum atomic E-state index is -0.617. The number of carbonyl (C=O) groups excluding carboxylic acids is 2. The number of likely N-dealkylation sites (tertiary alicyclic amines) is 1. The van der Waals surface area contributed by atoms with E-state index in [0.29, 0.717) is 13.0 Å². The largest absolute Gasteiger partial charge is 0.451 e. The van der Waals surface area contributed by atoms with Crippen LogP contribution in [0.15, 0.2) is 0 Å². The molecule has 1 fully saturated rings. The van der Waals surface area contributed by atoms with Gasteiger partial charge in [0.1, 0.15) is 6.04 Å². The van der Waals surface area contributed by atoms with Crippen molar-refractivity contribution in [3.8, 4) is 24.7 Å². The Morgan fingerprint density at radius 3 is 2.53 bits per heavy atom. The second kappa shape index (κ2) is 6.44. The van der Waals surface area contributed by atoms with E-state index in [2.05, 4.69) is 11.8 Å². The van der Waals surface area contributed by atoms with Gasteiger partial charge in [0.15, 0.2) is 13.2 Å². The standard InChI is InChI=1S/C12H13NO4/c1-3-8-16-11(14)10-6-5-7-13(10)12(15)17-9-4-2/h1-2,10H,5-9H2/t10-/m0/s1. The fourth-order valence-electron chi connectivity index (χ4n) is 1.63. The van der Waals surface area contributed by atoms with Gasteiger partial charge in [0.2, 0.25) is 0 Å². The van der Waals surface area contributed by atoms with Gasteiger partial charge in [0.05, 0.1) is 0 Å². The van der Waals surface area contributed by atoms with Crippen molar-refractivity contribution in [3.63, 3.8) is 0 Å². The number of hydrogen-bond donors (Lipinski definition) is 0. The highest BCUT2D eigenvalue weighted by atomic mass is 16.6. The van der Waals surface area contributed by atoms with Crippen molar-refractivity contribution in [2.75, 3.05) is 19.8 Å². The molecule has 0 N–H and O–H groups in total. The molecular weight excluding hydrogens is 222 g/mol. The molecule has 0 bridgehead atoms. The molecule has 90 valence electrons. The molecule has 0 aromatic heterocycles. The van der Waals surface area contributed by atoms with E-state index in [9.17, 15) is 9.59 Å². The maximum Gasteiger partial charge on any atom is 0.411 e. The summed E-state index contributed by atoms with van der Waals surface area (Å²) in [6.45, 7) is 0.253. The summed E-state index contributed by atoms with van der Waals surface area (Å²) in [6.07, 6.45) is 10.6. The van der Waals surface area contributed by atoms with Crippen LogP contribution in [0.4, 0.5) is 4.79 Å². The molecule has 1 rings (SSSR count). The van der Waals surface area contributed by atoms with Gasteiger partial charge >= 0.3 is 12.1 Å². The molecule has 1 heterocycles. The quantitative estimate of drug-likeness (QED) is 0.524. The second-order valence-electron chi connectivity index (χ2n) is 3.42. The van der Waals surface area contributed by atoms with Gasteiger partial charge in [-0.1, -0.05) is 11.8 Å². The van der Waals surface area contributed by atoms with Crippen molar-refractivity contribution in [2.24, 2.45) is 0 Å². The summed E-state index contributed by atoms with van der Waals surface area (Å²) in [5, 5.41) is 0. The van der Waals surface area contributed by atoms with E-state index in [0.717, 1.165) is 6.42 Å². The zero-order chi connectivity index (χ0) is 12.7. The van der Waals surface area contributed by atoms with Crippen molar-refractivity contribution >= 4 is 12.1 Å². The summed E-state index contributed by atoms with van der Waals surface area (Å²) in [6, 6.07) is -0.617. The minimum Gasteiger partial charge on any atom is -0.451 e. The summed E-state index contributed by atoms with van der Waals surface area (Å²) in [5.74, 6) is 3.88. The third-order valence-corrected chi connectivity index (χ3v) is 2.34. The Hall–Kier alpha value is -2.14. The molecule has 1 aliphatic rings. The number of rotatable bonds is 3. The predicted octanol–water partition coefficient (Wildman–Crippen LogP) is 0.397. The lowest BCUT2D eigenvalue weighted by molar-refractivity contribution is -0.146. The summed E-state index contributed by atoms with van der Waals surface area (Å²) >= 11 is 0. The zero-order valence-corrected chi connectivity index (χ0v) is 9.35. The number of esters is 1. The number of terminal acetylenes is 2. The Balaban J connectivity index is 2.54. The van der Waals surface area contributed by atoms with Crippen LogP contribution >= 0.6 is 0 Å². The lowest BCUT2D eigenvalue weighted by Gasteiger charge is -2.21. The van der Waals surface area contributed by atoms with Gasteiger partial charge in [0.25, 0.3) is 0 Å². The van der Waals surface area contributed by atoms with E-state index in [-0.39, 0.29) is 13.2 Å². The SMILES string of the molecule is C#CCOC(=O)[C@@H]1CCCN1C(=O)OCC#C. The van der Waals surface area contributed by atoms with Crippen LogP contribution in [0, 0.1) is 24.7 Å². The molecule has 1 saturated heterocycles. The molecule has 17 heavy (non-hydrogen) atoms. The van der Waals surface area contributed by atoms with Crippen LogP contribution in [-0.4, -0.2) is 42.8 Å². The van der Waals surface area contributed by atoms with Crippen molar-refractivity contribution in [3.05, 3.63) is 0 Å². The molecule has 5 heteroatoms. The average Bonchev–Trinajstić information content (AvgIpc) is 2.82. The van der Waals surface area contributed by atoms with E-state index < -0.39 is 18.1 Å². The third kappa shape index (κ3) is 3.42. The molecule has 0 unspecified atom stereocenters. The van der Waals surface area contributed by atoms with Crippen LogP contribution in [0.2, 0.25) is 0 Å². The Labute approximate surface area is 100 Å². The van der Waals surface area contributed by atoms with E-state index in [4.69, 9.17) is 22.3 Å². The molecule has 0 aromatic carbocycles. The number of hydrogen-bond acceptors (Lipinski definition) is 4. The molecule has 0 aromatic rings. The van der Waals surface area contributed by atoms with Crippen LogP contribution in [0.5, 0.6) is 0 Å². The van der Waals surface area contributed by atoms with Gasteiger partial charge in [-0.25, -0.2) is 9.59 Å². The maximum atomic E-state index is 11.6. The minimum absolute atomic E-state index is 0.0947. The summed E-state index contributed by atoms with van der Waals surface area (Å²) in [7, 11) is 0. The summed E-state index contributed by atoms with van der Waals surface area (Å²) in [4.78, 5) is 24.5. The molecule has 1 amide bonds. The highest BCUT2D eigenvalue weighted by Crippen LogP contribution is 2.19. The van der Waals surface area contributed by atoms with Gasteiger partial charge in [-0.2, -0.15) is 0 Å². The summed E-state index contributed by atoms with van der Waals surface area (Å²) < 4.78 is 9.56. The van der Waals surface area contributed by atoms with Gasteiger partial charge in [-0.05, 0) is 12.8 Å². The molecular formula is C12H13NO4. The van der Waals surface area contributed by atoms with E-state index in [1.165, 1.54) is 4.90 Å². The van der Waals surface area contributed by atoms with Crippen molar-refractivity contribution in [2.45, 2.75) is 18.9 Å². The number of ether oxygens (including phenoxy) is 2. The van der Waals surface area contributed by atoms with Gasteiger partial charge in [0, 0.05) is 6.54 Å². The first-order valence-electron chi connectivity index (χ1n) is 5.17. The monoisotopic (exact) mass is 235 g/mol. The molecule has 1 aliphatic heterocycles. The van der Waals surface area contributed by atoms with Crippen molar-refractivity contribution in [1.82, 2.24) is 4.90 Å². The lowest BCUT2D eigenvalue weighted by atomic mass is 10.2. The highest BCUT2D eigenvalue weighted by Gasteiger charge is 2.36. The lowest BCUT2D eigenvalue weighted by Crippen LogP contribution is -2.41. The van der Waals surface area contributed by atoms with Gasteiger partial charge < -0.3 is 9.47 Å². The fourth-order valence-corrected chi connectivity index (χ4v) is 1.63. The highest BCUT2D eigenvalue weighted by molar-refractivity contribution is 5.82. The molecule has 1 atom stereocenters. The number of carbonyl (C=O) groups is 2. The first-order valence-corrected chi connectivity index (χ1v) is 5.17. The van der Waals surface area contributed by atoms with E-state index in [1.807, 2.05) is 0 Å². The topological polar surface area (TPSA) is 55.8 Å². The Morgan fingerprint density at radius 2 is 1.88 bits per heavy atom. The first kappa shape index (κ1) is 12.9. The smallest absolute Gasteiger partial charge is 0.411 e. The zero-order valence-electron chi connectivity index (χ0n) is 9.35. The third-order valence-electron chi connectivity index (χ3n) is 2.34. The van der Waals surface area contributed by atoms with Gasteiger partial charge in [-0.15, -0.1) is 12.8 Å². The van der Waals surface area contributed by atoms with Crippen LogP contribution in [0.1, 0.15) is 12.8 Å². The van der Waals surface area contributed by atoms with Crippen LogP contribution in [0.25, 0.3) is 0 Å². The predicted molar refractivity (Wildman–Crippen MR) is 59.7 cm³/mol. The first-order chi connectivity index (χ1) is 8.20. The van der Waals surface area contributed by atoms with Crippen molar-refractivity contribution < 1.29 is 19.1 Å². The molecule has 0 spiro atoms. The average molecular weight is 235 g/mol. The molecule has 0 saturated carbocycles. The van der Waals surface area contributed by atoms with E-state index >= 15 is 0 Å². The Morgan fingerprint density at radius 1 is 1.24 bits per heavy atom. The fraction of sp³-hybridized carbons (Fsp3) is 0.500.